The summed E-state index contributed by atoms with van der Waals surface area (Å²) in [6, 6.07) is 1.75. The Labute approximate surface area is 114 Å². The summed E-state index contributed by atoms with van der Waals surface area (Å²) in [6.07, 6.45) is 8.37. The number of rotatable bonds is 3. The molecule has 8 nitrogen and oxygen atoms in total. The predicted octanol–water partition coefficient (Wildman–Crippen LogP) is 0.620. The van der Waals surface area contributed by atoms with Crippen LogP contribution in [0.4, 0.5) is 5.82 Å². The second kappa shape index (κ2) is 5.02. The Morgan fingerprint density at radius 2 is 2.05 bits per heavy atom. The highest BCUT2D eigenvalue weighted by molar-refractivity contribution is 5.64. The van der Waals surface area contributed by atoms with Gasteiger partial charge < -0.3 is 5.43 Å². The molecule has 0 amide bonds. The molecule has 3 N–H and O–H groups in total. The van der Waals surface area contributed by atoms with E-state index in [1.165, 1.54) is 0 Å². The third-order valence-electron chi connectivity index (χ3n) is 2.67. The first-order valence-electron chi connectivity index (χ1n) is 5.87. The van der Waals surface area contributed by atoms with E-state index in [2.05, 4.69) is 30.5 Å². The van der Waals surface area contributed by atoms with E-state index in [1.54, 1.807) is 35.5 Å². The molecule has 8 heteroatoms. The highest BCUT2D eigenvalue weighted by atomic mass is 15.3. The number of nitrogens with zero attached hydrogens (tertiary/aromatic N) is 6. The Bertz CT molecular complexity index is 721. The van der Waals surface area contributed by atoms with Crippen molar-refractivity contribution in [3.63, 3.8) is 0 Å². The fourth-order valence-electron chi connectivity index (χ4n) is 1.75. The van der Waals surface area contributed by atoms with Crippen LogP contribution in [0.2, 0.25) is 0 Å². The second-order valence-electron chi connectivity index (χ2n) is 4.10. The summed E-state index contributed by atoms with van der Waals surface area (Å²) in [5, 5.41) is 4.13. The number of hydrazine groups is 1. The molecule has 3 heterocycles. The number of hydrogen-bond donors (Lipinski definition) is 2. The van der Waals surface area contributed by atoms with Crippen molar-refractivity contribution in [3.8, 4) is 22.8 Å². The summed E-state index contributed by atoms with van der Waals surface area (Å²) in [5.74, 6) is 6.40. The molecule has 0 aromatic carbocycles. The molecular weight excluding hydrogens is 256 g/mol. The minimum Gasteiger partial charge on any atom is -0.308 e. The smallest absolute Gasteiger partial charge is 0.182 e. The van der Waals surface area contributed by atoms with Crippen molar-refractivity contribution in [3.05, 3.63) is 37.1 Å². The van der Waals surface area contributed by atoms with Crippen LogP contribution >= 0.6 is 0 Å². The molecule has 0 radical (unpaired) electrons. The zero-order valence-electron chi connectivity index (χ0n) is 10.7. The Morgan fingerprint density at radius 1 is 1.15 bits per heavy atom. The summed E-state index contributed by atoms with van der Waals surface area (Å²) in [4.78, 5) is 17.0. The highest BCUT2D eigenvalue weighted by Crippen LogP contribution is 2.22. The molecular formula is C12H12N8. The minimum absolute atomic E-state index is 0.451. The highest BCUT2D eigenvalue weighted by Gasteiger charge is 2.10. The lowest BCUT2D eigenvalue weighted by molar-refractivity contribution is 0.768. The van der Waals surface area contributed by atoms with Gasteiger partial charge in [0.05, 0.1) is 18.1 Å². The van der Waals surface area contributed by atoms with E-state index in [1.807, 2.05) is 13.2 Å². The summed E-state index contributed by atoms with van der Waals surface area (Å²) < 4.78 is 1.70. The normalized spacial score (nSPS) is 10.5. The van der Waals surface area contributed by atoms with Gasteiger partial charge in [-0.25, -0.2) is 20.8 Å². The SMILES string of the molecule is Cn1cc(-c2cc(NN)nc(-c3cnccn3)n2)cn1. The Balaban J connectivity index is 2.12. The first kappa shape index (κ1) is 12.2. The molecule has 0 fully saturated rings. The second-order valence-corrected chi connectivity index (χ2v) is 4.10. The van der Waals surface area contributed by atoms with Gasteiger partial charge >= 0.3 is 0 Å². The molecule has 20 heavy (non-hydrogen) atoms. The van der Waals surface area contributed by atoms with Gasteiger partial charge in [-0.15, -0.1) is 0 Å². The number of anilines is 1. The molecule has 0 bridgehead atoms. The van der Waals surface area contributed by atoms with Gasteiger partial charge in [-0.05, 0) is 0 Å². The molecule has 3 rings (SSSR count). The van der Waals surface area contributed by atoms with Gasteiger partial charge in [-0.1, -0.05) is 0 Å². The third-order valence-corrected chi connectivity index (χ3v) is 2.67. The maximum atomic E-state index is 5.45. The predicted molar refractivity (Wildman–Crippen MR) is 73.1 cm³/mol. The lowest BCUT2D eigenvalue weighted by atomic mass is 10.2. The van der Waals surface area contributed by atoms with Gasteiger partial charge in [0.1, 0.15) is 11.5 Å². The van der Waals surface area contributed by atoms with Crippen molar-refractivity contribution in [2.75, 3.05) is 5.43 Å². The monoisotopic (exact) mass is 268 g/mol. The van der Waals surface area contributed by atoms with E-state index in [0.717, 1.165) is 5.56 Å². The maximum absolute atomic E-state index is 5.45. The molecule has 100 valence electrons. The topological polar surface area (TPSA) is 107 Å². The van der Waals surface area contributed by atoms with Gasteiger partial charge in [0.15, 0.2) is 5.82 Å². The first-order valence-corrected chi connectivity index (χ1v) is 5.87. The van der Waals surface area contributed by atoms with Crippen LogP contribution in [0.5, 0.6) is 0 Å². The first-order chi connectivity index (χ1) is 9.76. The van der Waals surface area contributed by atoms with Crippen molar-refractivity contribution < 1.29 is 0 Å². The molecule has 0 unspecified atom stereocenters. The molecule has 0 saturated heterocycles. The van der Waals surface area contributed by atoms with Crippen LogP contribution in [0.15, 0.2) is 37.1 Å². The van der Waals surface area contributed by atoms with Crippen molar-refractivity contribution in [2.45, 2.75) is 0 Å². The lowest BCUT2D eigenvalue weighted by Gasteiger charge is -2.05. The molecule has 3 aromatic rings. The Kier molecular flexibility index (Phi) is 3.05. The van der Waals surface area contributed by atoms with Crippen LogP contribution in [0, 0.1) is 0 Å². The Morgan fingerprint density at radius 3 is 2.70 bits per heavy atom. The molecule has 3 aromatic heterocycles. The molecule has 0 saturated carbocycles. The van der Waals surface area contributed by atoms with Gasteiger partial charge in [0, 0.05) is 37.3 Å². The summed E-state index contributed by atoms with van der Waals surface area (Å²) in [6.45, 7) is 0. The fraction of sp³-hybridized carbons (Fsp3) is 0.0833. The largest absolute Gasteiger partial charge is 0.308 e. The average Bonchev–Trinajstić information content (AvgIpc) is 2.94. The molecule has 0 spiro atoms. The molecule has 0 aliphatic rings. The van der Waals surface area contributed by atoms with Crippen LogP contribution in [-0.4, -0.2) is 29.7 Å². The molecule has 0 aliphatic carbocycles. The van der Waals surface area contributed by atoms with Crippen LogP contribution < -0.4 is 11.3 Å². The van der Waals surface area contributed by atoms with Gasteiger partial charge in [-0.2, -0.15) is 5.10 Å². The lowest BCUT2D eigenvalue weighted by Crippen LogP contribution is -2.10. The maximum Gasteiger partial charge on any atom is 0.182 e. The summed E-state index contributed by atoms with van der Waals surface area (Å²) in [7, 11) is 1.84. The number of aryl methyl sites for hydroxylation is 1. The minimum atomic E-state index is 0.451. The van der Waals surface area contributed by atoms with E-state index in [0.29, 0.717) is 23.0 Å². The fourth-order valence-corrected chi connectivity index (χ4v) is 1.75. The van der Waals surface area contributed by atoms with Crippen LogP contribution in [0.25, 0.3) is 22.8 Å². The third kappa shape index (κ3) is 2.31. The van der Waals surface area contributed by atoms with E-state index in [-0.39, 0.29) is 0 Å². The summed E-state index contributed by atoms with van der Waals surface area (Å²) >= 11 is 0. The van der Waals surface area contributed by atoms with Crippen LogP contribution in [0.3, 0.4) is 0 Å². The van der Waals surface area contributed by atoms with Crippen molar-refractivity contribution >= 4 is 5.82 Å². The van der Waals surface area contributed by atoms with Crippen LogP contribution in [0.1, 0.15) is 0 Å². The van der Waals surface area contributed by atoms with Crippen molar-refractivity contribution in [2.24, 2.45) is 12.9 Å². The standard InChI is InChI=1S/C12H12N8/c1-20-7-8(5-16-20)9-4-11(19-13)18-12(17-9)10-6-14-2-3-15-10/h2-7H,13H2,1H3,(H,17,18,19). The number of nitrogen functional groups attached to an aromatic ring is 1. The van der Waals surface area contributed by atoms with Crippen molar-refractivity contribution in [1.29, 1.82) is 0 Å². The molecule has 0 aliphatic heterocycles. The number of aromatic nitrogens is 6. The van der Waals surface area contributed by atoms with Gasteiger partial charge in [0.2, 0.25) is 0 Å². The van der Waals surface area contributed by atoms with E-state index >= 15 is 0 Å². The van der Waals surface area contributed by atoms with E-state index in [4.69, 9.17) is 5.84 Å². The van der Waals surface area contributed by atoms with E-state index < -0.39 is 0 Å². The van der Waals surface area contributed by atoms with Gasteiger partial charge in [0.25, 0.3) is 0 Å². The number of nitrogens with two attached hydrogens (primary N) is 1. The summed E-state index contributed by atoms with van der Waals surface area (Å²) in [5.41, 5.74) is 4.69. The number of hydrogen-bond acceptors (Lipinski definition) is 7. The van der Waals surface area contributed by atoms with Crippen LogP contribution in [-0.2, 0) is 7.05 Å². The Hall–Kier alpha value is -2.87. The molecule has 0 atom stereocenters. The van der Waals surface area contributed by atoms with Crippen molar-refractivity contribution in [1.82, 2.24) is 29.7 Å². The zero-order valence-corrected chi connectivity index (χ0v) is 10.7. The average molecular weight is 268 g/mol. The number of nitrogens with one attached hydrogen (secondary N) is 1. The zero-order chi connectivity index (χ0) is 13.9. The quantitative estimate of drug-likeness (QED) is 0.529. The van der Waals surface area contributed by atoms with E-state index in [9.17, 15) is 0 Å². The van der Waals surface area contributed by atoms with Gasteiger partial charge in [-0.3, -0.25) is 9.67 Å².